The SMILES string of the molecule is C=Cc1ccnc(F)c1OC. The van der Waals surface area contributed by atoms with Gasteiger partial charge in [0.15, 0.2) is 5.75 Å². The summed E-state index contributed by atoms with van der Waals surface area (Å²) in [5, 5.41) is 0. The van der Waals surface area contributed by atoms with Gasteiger partial charge < -0.3 is 4.74 Å². The average Bonchev–Trinajstić information content (AvgIpc) is 2.04. The van der Waals surface area contributed by atoms with E-state index in [4.69, 9.17) is 4.74 Å². The Morgan fingerprint density at radius 3 is 2.91 bits per heavy atom. The van der Waals surface area contributed by atoms with Crippen LogP contribution in [0.1, 0.15) is 5.56 Å². The first-order chi connectivity index (χ1) is 5.29. The average molecular weight is 153 g/mol. The number of hydrogen-bond donors (Lipinski definition) is 0. The van der Waals surface area contributed by atoms with Gasteiger partial charge in [-0.2, -0.15) is 4.39 Å². The molecule has 3 heteroatoms. The Labute approximate surface area is 64.3 Å². The van der Waals surface area contributed by atoms with Crippen LogP contribution in [0.3, 0.4) is 0 Å². The number of ether oxygens (including phenoxy) is 1. The zero-order valence-corrected chi connectivity index (χ0v) is 6.17. The van der Waals surface area contributed by atoms with Crippen LogP contribution in [0, 0.1) is 5.95 Å². The van der Waals surface area contributed by atoms with Crippen LogP contribution in [0.25, 0.3) is 6.08 Å². The lowest BCUT2D eigenvalue weighted by atomic mass is 10.2. The minimum Gasteiger partial charge on any atom is -0.491 e. The Morgan fingerprint density at radius 2 is 2.45 bits per heavy atom. The van der Waals surface area contributed by atoms with Gasteiger partial charge in [0, 0.05) is 11.8 Å². The fourth-order valence-corrected chi connectivity index (χ4v) is 0.799. The summed E-state index contributed by atoms with van der Waals surface area (Å²) in [6.07, 6.45) is 2.89. The van der Waals surface area contributed by atoms with Gasteiger partial charge in [0.1, 0.15) is 0 Å². The first kappa shape index (κ1) is 7.72. The largest absolute Gasteiger partial charge is 0.491 e. The molecular formula is C8H8FNO. The standard InChI is InChI=1S/C8H8FNO/c1-3-6-4-5-10-8(9)7(6)11-2/h3-5H,1H2,2H3. The molecule has 0 radical (unpaired) electrons. The second kappa shape index (κ2) is 3.14. The van der Waals surface area contributed by atoms with Crippen LogP contribution in [0.4, 0.5) is 4.39 Å². The first-order valence-corrected chi connectivity index (χ1v) is 3.10. The van der Waals surface area contributed by atoms with Crippen molar-refractivity contribution >= 4 is 6.08 Å². The van der Waals surface area contributed by atoms with Crippen molar-refractivity contribution in [2.24, 2.45) is 0 Å². The van der Waals surface area contributed by atoms with Gasteiger partial charge in [0.05, 0.1) is 7.11 Å². The highest BCUT2D eigenvalue weighted by molar-refractivity contribution is 5.54. The third-order valence-corrected chi connectivity index (χ3v) is 1.32. The van der Waals surface area contributed by atoms with Gasteiger partial charge in [0.2, 0.25) is 0 Å². The Balaban J connectivity index is 3.23. The number of aromatic nitrogens is 1. The van der Waals surface area contributed by atoms with Gasteiger partial charge in [-0.3, -0.25) is 0 Å². The minimum absolute atomic E-state index is 0.141. The van der Waals surface area contributed by atoms with E-state index in [1.54, 1.807) is 6.07 Å². The van der Waals surface area contributed by atoms with E-state index in [1.807, 2.05) is 0 Å². The lowest BCUT2D eigenvalue weighted by Gasteiger charge is -2.02. The molecule has 2 nitrogen and oxygen atoms in total. The van der Waals surface area contributed by atoms with Crippen molar-refractivity contribution in [2.45, 2.75) is 0 Å². The van der Waals surface area contributed by atoms with Gasteiger partial charge in [-0.1, -0.05) is 12.7 Å². The molecule has 0 atom stereocenters. The molecule has 0 bridgehead atoms. The maximum atomic E-state index is 12.8. The van der Waals surface area contributed by atoms with Crippen LogP contribution in [-0.2, 0) is 0 Å². The zero-order valence-electron chi connectivity index (χ0n) is 6.17. The molecule has 0 amide bonds. The van der Waals surface area contributed by atoms with Crippen molar-refractivity contribution < 1.29 is 9.13 Å². The van der Waals surface area contributed by atoms with Crippen LogP contribution < -0.4 is 4.74 Å². The molecule has 0 saturated carbocycles. The normalized spacial score (nSPS) is 9.27. The van der Waals surface area contributed by atoms with Gasteiger partial charge in [-0.05, 0) is 6.07 Å². The Morgan fingerprint density at radius 1 is 1.73 bits per heavy atom. The van der Waals surface area contributed by atoms with E-state index >= 15 is 0 Å². The van der Waals surface area contributed by atoms with E-state index in [2.05, 4.69) is 11.6 Å². The van der Waals surface area contributed by atoms with E-state index in [9.17, 15) is 4.39 Å². The van der Waals surface area contributed by atoms with Crippen molar-refractivity contribution in [1.82, 2.24) is 4.98 Å². The van der Waals surface area contributed by atoms with E-state index in [0.717, 1.165) is 0 Å². The molecule has 0 aliphatic carbocycles. The lowest BCUT2D eigenvalue weighted by molar-refractivity contribution is 0.377. The summed E-state index contributed by atoms with van der Waals surface area (Å²) in [6.45, 7) is 3.51. The summed E-state index contributed by atoms with van der Waals surface area (Å²) in [4.78, 5) is 3.42. The van der Waals surface area contributed by atoms with Crippen LogP contribution in [0.2, 0.25) is 0 Å². The molecule has 0 fully saturated rings. The third kappa shape index (κ3) is 1.37. The highest BCUT2D eigenvalue weighted by Gasteiger charge is 2.05. The number of rotatable bonds is 2. The van der Waals surface area contributed by atoms with Crippen molar-refractivity contribution in [3.63, 3.8) is 0 Å². The predicted octanol–water partition coefficient (Wildman–Crippen LogP) is 1.87. The molecule has 0 N–H and O–H groups in total. The van der Waals surface area contributed by atoms with Crippen LogP contribution in [-0.4, -0.2) is 12.1 Å². The molecule has 11 heavy (non-hydrogen) atoms. The molecular weight excluding hydrogens is 145 g/mol. The second-order valence-electron chi connectivity index (χ2n) is 1.93. The molecule has 1 aromatic heterocycles. The van der Waals surface area contributed by atoms with Crippen LogP contribution in [0.5, 0.6) is 5.75 Å². The van der Waals surface area contributed by atoms with Crippen molar-refractivity contribution in [3.05, 3.63) is 30.4 Å². The smallest absolute Gasteiger partial charge is 0.255 e. The molecule has 0 aliphatic rings. The van der Waals surface area contributed by atoms with Gasteiger partial charge in [-0.15, -0.1) is 0 Å². The van der Waals surface area contributed by atoms with E-state index in [-0.39, 0.29) is 5.75 Å². The van der Waals surface area contributed by atoms with Crippen molar-refractivity contribution in [3.8, 4) is 5.75 Å². The molecule has 0 spiro atoms. The molecule has 1 heterocycles. The number of nitrogens with zero attached hydrogens (tertiary/aromatic N) is 1. The summed E-state index contributed by atoms with van der Waals surface area (Å²) in [5.41, 5.74) is 0.611. The van der Waals surface area contributed by atoms with E-state index < -0.39 is 5.95 Å². The van der Waals surface area contributed by atoms with Crippen LogP contribution in [0.15, 0.2) is 18.8 Å². The highest BCUT2D eigenvalue weighted by Crippen LogP contribution is 2.20. The number of halogens is 1. The maximum absolute atomic E-state index is 12.8. The van der Waals surface area contributed by atoms with Crippen molar-refractivity contribution in [2.75, 3.05) is 7.11 Å². The number of pyridine rings is 1. The maximum Gasteiger partial charge on any atom is 0.255 e. The topological polar surface area (TPSA) is 22.1 Å². The fourth-order valence-electron chi connectivity index (χ4n) is 0.799. The second-order valence-corrected chi connectivity index (χ2v) is 1.93. The Bertz CT molecular complexity index is 273. The Kier molecular flexibility index (Phi) is 2.21. The zero-order chi connectivity index (χ0) is 8.27. The number of hydrogen-bond acceptors (Lipinski definition) is 2. The van der Waals surface area contributed by atoms with Crippen molar-refractivity contribution in [1.29, 1.82) is 0 Å². The lowest BCUT2D eigenvalue weighted by Crippen LogP contribution is -1.93. The van der Waals surface area contributed by atoms with Crippen LogP contribution >= 0.6 is 0 Å². The summed E-state index contributed by atoms with van der Waals surface area (Å²) >= 11 is 0. The van der Waals surface area contributed by atoms with Gasteiger partial charge >= 0.3 is 0 Å². The molecule has 58 valence electrons. The summed E-state index contributed by atoms with van der Waals surface area (Å²) in [5.74, 6) is -0.465. The molecule has 1 aromatic rings. The van der Waals surface area contributed by atoms with E-state index in [1.165, 1.54) is 19.4 Å². The molecule has 1 rings (SSSR count). The molecule has 0 aliphatic heterocycles. The fraction of sp³-hybridized carbons (Fsp3) is 0.125. The quantitative estimate of drug-likeness (QED) is 0.605. The molecule has 0 unspecified atom stereocenters. The first-order valence-electron chi connectivity index (χ1n) is 3.10. The summed E-state index contributed by atoms with van der Waals surface area (Å²) in [7, 11) is 1.40. The van der Waals surface area contributed by atoms with E-state index in [0.29, 0.717) is 5.56 Å². The highest BCUT2D eigenvalue weighted by atomic mass is 19.1. The third-order valence-electron chi connectivity index (χ3n) is 1.32. The Hall–Kier alpha value is -1.38. The number of methoxy groups -OCH3 is 1. The summed E-state index contributed by atoms with van der Waals surface area (Å²) in [6, 6.07) is 1.63. The van der Waals surface area contributed by atoms with Gasteiger partial charge in [0.25, 0.3) is 5.95 Å². The minimum atomic E-state index is -0.607. The predicted molar refractivity (Wildman–Crippen MR) is 40.8 cm³/mol. The monoisotopic (exact) mass is 153 g/mol. The van der Waals surface area contributed by atoms with Gasteiger partial charge in [-0.25, -0.2) is 4.98 Å². The summed E-state index contributed by atoms with van der Waals surface area (Å²) < 4.78 is 17.5. The molecule has 0 aromatic carbocycles. The molecule has 0 saturated heterocycles.